The summed E-state index contributed by atoms with van der Waals surface area (Å²) in [6.07, 6.45) is 0. The topological polar surface area (TPSA) is 74.8 Å². The highest BCUT2D eigenvalue weighted by Gasteiger charge is 2.19. The minimum absolute atomic E-state index is 0.0434. The Labute approximate surface area is 114 Å². The number of carbonyl (C=O) groups is 1. The smallest absolute Gasteiger partial charge is 0.356 e. The normalized spacial score (nSPS) is 10.8. The average molecular weight is 268 g/mol. The number of carboxylic acid groups (broad SMARTS) is 1. The molecule has 1 aromatic carbocycles. The predicted molar refractivity (Wildman–Crippen MR) is 74.0 cm³/mol. The number of aromatic hydroxyl groups is 1. The van der Waals surface area contributed by atoms with Gasteiger partial charge in [-0.25, -0.2) is 9.78 Å². The first-order valence-electron chi connectivity index (χ1n) is 6.08. The maximum Gasteiger partial charge on any atom is 0.356 e. The summed E-state index contributed by atoms with van der Waals surface area (Å²) in [4.78, 5) is 15.4. The zero-order valence-corrected chi connectivity index (χ0v) is 10.7. The molecule has 0 saturated carbocycles. The Bertz CT molecular complexity index is 804. The second kappa shape index (κ2) is 4.38. The Morgan fingerprint density at radius 3 is 2.50 bits per heavy atom. The quantitative estimate of drug-likeness (QED) is 0.749. The fourth-order valence-corrected chi connectivity index (χ4v) is 2.17. The molecule has 0 spiro atoms. The molecular weight excluding hydrogens is 256 g/mol. The molecule has 0 radical (unpaired) electrons. The minimum atomic E-state index is -1.12. The minimum Gasteiger partial charge on any atom is -0.494 e. The van der Waals surface area contributed by atoms with Gasteiger partial charge in [-0.2, -0.15) is 0 Å². The van der Waals surface area contributed by atoms with Gasteiger partial charge in [0.05, 0.1) is 5.52 Å². The lowest BCUT2D eigenvalue weighted by Crippen LogP contribution is -1.97. The molecule has 20 heavy (non-hydrogen) atoms. The van der Waals surface area contributed by atoms with Crippen molar-refractivity contribution in [1.82, 2.24) is 9.38 Å². The van der Waals surface area contributed by atoms with E-state index in [2.05, 4.69) is 4.98 Å². The Morgan fingerprint density at radius 1 is 1.15 bits per heavy atom. The fraction of sp³-hybridized carbons (Fsp3) is 0.0667. The maximum absolute atomic E-state index is 11.3. The van der Waals surface area contributed by atoms with Crippen LogP contribution in [-0.4, -0.2) is 25.6 Å². The molecular formula is C15H12N2O3. The lowest BCUT2D eigenvalue weighted by Gasteiger charge is -2.04. The Balaban J connectivity index is 2.35. The number of rotatable bonds is 2. The van der Waals surface area contributed by atoms with Crippen LogP contribution in [0.25, 0.3) is 16.9 Å². The van der Waals surface area contributed by atoms with Crippen molar-refractivity contribution in [2.45, 2.75) is 6.92 Å². The van der Waals surface area contributed by atoms with Crippen LogP contribution in [0, 0.1) is 6.92 Å². The highest BCUT2D eigenvalue weighted by Crippen LogP contribution is 2.27. The number of aromatic nitrogens is 2. The first kappa shape index (κ1) is 12.2. The van der Waals surface area contributed by atoms with Crippen LogP contribution in [0.2, 0.25) is 0 Å². The molecule has 0 aliphatic rings. The largest absolute Gasteiger partial charge is 0.494 e. The third kappa shape index (κ3) is 1.80. The second-order valence-electron chi connectivity index (χ2n) is 4.56. The summed E-state index contributed by atoms with van der Waals surface area (Å²) < 4.78 is 1.44. The number of hydrogen-bond donors (Lipinski definition) is 2. The number of carboxylic acids is 1. The average Bonchev–Trinajstić information content (AvgIpc) is 2.81. The number of nitrogens with zero attached hydrogens (tertiary/aromatic N) is 2. The van der Waals surface area contributed by atoms with Gasteiger partial charge in [0.25, 0.3) is 0 Å². The van der Waals surface area contributed by atoms with Crippen LogP contribution in [0.15, 0.2) is 42.5 Å². The molecule has 0 aliphatic carbocycles. The molecule has 2 heterocycles. The number of fused-ring (bicyclic) bond motifs is 1. The molecule has 3 rings (SSSR count). The SMILES string of the molecule is Cc1ccc(-c2nc(C(=O)O)c3cccc(O)n23)cc1. The van der Waals surface area contributed by atoms with Crippen LogP contribution in [-0.2, 0) is 0 Å². The predicted octanol–water partition coefficient (Wildman–Crippen LogP) is 2.71. The van der Waals surface area contributed by atoms with Gasteiger partial charge in [0.15, 0.2) is 11.6 Å². The first-order valence-corrected chi connectivity index (χ1v) is 6.08. The molecule has 0 bridgehead atoms. The van der Waals surface area contributed by atoms with E-state index in [4.69, 9.17) is 0 Å². The summed E-state index contributed by atoms with van der Waals surface area (Å²) in [5.74, 6) is -0.750. The molecule has 0 saturated heterocycles. The highest BCUT2D eigenvalue weighted by molar-refractivity contribution is 5.95. The molecule has 3 aromatic rings. The monoisotopic (exact) mass is 268 g/mol. The molecule has 2 N–H and O–H groups in total. The fourth-order valence-electron chi connectivity index (χ4n) is 2.17. The Morgan fingerprint density at radius 2 is 1.85 bits per heavy atom. The summed E-state index contributed by atoms with van der Waals surface area (Å²) in [6, 6.07) is 12.2. The van der Waals surface area contributed by atoms with Gasteiger partial charge in [0.1, 0.15) is 5.82 Å². The highest BCUT2D eigenvalue weighted by atomic mass is 16.4. The van der Waals surface area contributed by atoms with E-state index in [0.29, 0.717) is 11.3 Å². The van der Waals surface area contributed by atoms with E-state index < -0.39 is 5.97 Å². The van der Waals surface area contributed by atoms with Gasteiger partial charge in [0, 0.05) is 5.56 Å². The van der Waals surface area contributed by atoms with Crippen LogP contribution >= 0.6 is 0 Å². The van der Waals surface area contributed by atoms with E-state index in [1.165, 1.54) is 10.5 Å². The second-order valence-corrected chi connectivity index (χ2v) is 4.56. The third-order valence-corrected chi connectivity index (χ3v) is 3.15. The standard InChI is InChI=1S/C15H12N2O3/c1-9-5-7-10(8-6-9)14-16-13(15(19)20)11-3-2-4-12(18)17(11)14/h2-8,18H,1H3,(H,19,20). The van der Waals surface area contributed by atoms with Crippen LogP contribution in [0.3, 0.4) is 0 Å². The number of imidazole rings is 1. The van der Waals surface area contributed by atoms with Crippen molar-refractivity contribution in [3.8, 4) is 17.3 Å². The lowest BCUT2D eigenvalue weighted by molar-refractivity contribution is 0.0693. The van der Waals surface area contributed by atoms with E-state index in [9.17, 15) is 15.0 Å². The molecule has 0 fully saturated rings. The van der Waals surface area contributed by atoms with Gasteiger partial charge in [-0.3, -0.25) is 4.40 Å². The summed E-state index contributed by atoms with van der Waals surface area (Å²) in [5.41, 5.74) is 2.14. The summed E-state index contributed by atoms with van der Waals surface area (Å²) in [5, 5.41) is 19.2. The van der Waals surface area contributed by atoms with Crippen molar-refractivity contribution in [2.75, 3.05) is 0 Å². The van der Waals surface area contributed by atoms with Crippen molar-refractivity contribution < 1.29 is 15.0 Å². The van der Waals surface area contributed by atoms with Gasteiger partial charge >= 0.3 is 5.97 Å². The number of aromatic carboxylic acids is 1. The zero-order chi connectivity index (χ0) is 14.3. The van der Waals surface area contributed by atoms with Crippen molar-refractivity contribution in [1.29, 1.82) is 0 Å². The number of pyridine rings is 1. The first-order chi connectivity index (χ1) is 9.58. The summed E-state index contributed by atoms with van der Waals surface area (Å²) in [7, 11) is 0. The van der Waals surface area contributed by atoms with E-state index in [1.807, 2.05) is 31.2 Å². The molecule has 2 aromatic heterocycles. The van der Waals surface area contributed by atoms with Gasteiger partial charge in [-0.15, -0.1) is 0 Å². The molecule has 5 heteroatoms. The Kier molecular flexibility index (Phi) is 2.68. The van der Waals surface area contributed by atoms with E-state index >= 15 is 0 Å². The zero-order valence-electron chi connectivity index (χ0n) is 10.7. The maximum atomic E-state index is 11.3. The van der Waals surface area contributed by atoms with Crippen molar-refractivity contribution in [2.24, 2.45) is 0 Å². The van der Waals surface area contributed by atoms with Crippen LogP contribution < -0.4 is 0 Å². The van der Waals surface area contributed by atoms with E-state index in [0.717, 1.165) is 11.1 Å². The van der Waals surface area contributed by atoms with Gasteiger partial charge in [-0.1, -0.05) is 35.9 Å². The van der Waals surface area contributed by atoms with Crippen molar-refractivity contribution in [3.05, 3.63) is 53.7 Å². The van der Waals surface area contributed by atoms with Crippen LogP contribution in [0.1, 0.15) is 16.1 Å². The van der Waals surface area contributed by atoms with Crippen molar-refractivity contribution in [3.63, 3.8) is 0 Å². The number of benzene rings is 1. The molecule has 5 nitrogen and oxygen atoms in total. The molecule has 0 atom stereocenters. The van der Waals surface area contributed by atoms with Crippen molar-refractivity contribution >= 4 is 11.5 Å². The van der Waals surface area contributed by atoms with Gasteiger partial charge in [-0.05, 0) is 19.1 Å². The molecule has 0 amide bonds. The van der Waals surface area contributed by atoms with E-state index in [1.54, 1.807) is 12.1 Å². The molecule has 100 valence electrons. The number of aryl methyl sites for hydroxylation is 1. The van der Waals surface area contributed by atoms with Crippen LogP contribution in [0.5, 0.6) is 5.88 Å². The molecule has 0 aliphatic heterocycles. The summed E-state index contributed by atoms with van der Waals surface area (Å²) >= 11 is 0. The molecule has 0 unspecified atom stereocenters. The number of hydrogen-bond acceptors (Lipinski definition) is 3. The van der Waals surface area contributed by atoms with Crippen LogP contribution in [0.4, 0.5) is 0 Å². The lowest BCUT2D eigenvalue weighted by atomic mass is 10.1. The Hall–Kier alpha value is -2.82. The third-order valence-electron chi connectivity index (χ3n) is 3.15. The van der Waals surface area contributed by atoms with Gasteiger partial charge < -0.3 is 10.2 Å². The summed E-state index contributed by atoms with van der Waals surface area (Å²) in [6.45, 7) is 1.97. The van der Waals surface area contributed by atoms with Gasteiger partial charge in [0.2, 0.25) is 0 Å². The van der Waals surface area contributed by atoms with E-state index in [-0.39, 0.29) is 11.6 Å².